The molecule has 1 aliphatic heterocycles. The Bertz CT molecular complexity index is 130. The molecule has 0 saturated carbocycles. The lowest BCUT2D eigenvalue weighted by atomic mass is 10.2. The Morgan fingerprint density at radius 3 is 2.75 bits per heavy atom. The van der Waals surface area contributed by atoms with E-state index in [1.54, 1.807) is 0 Å². The van der Waals surface area contributed by atoms with Gasteiger partial charge in [-0.05, 0) is 33.1 Å². The lowest BCUT2D eigenvalue weighted by Crippen LogP contribution is -2.41. The number of hydrogen-bond donors (Lipinski definition) is 1. The van der Waals surface area contributed by atoms with E-state index in [4.69, 9.17) is 5.11 Å². The third-order valence-corrected chi connectivity index (χ3v) is 2.74. The van der Waals surface area contributed by atoms with Gasteiger partial charge in [-0.25, -0.2) is 0 Å². The van der Waals surface area contributed by atoms with Crippen LogP contribution in [0.15, 0.2) is 0 Å². The molecule has 1 rings (SSSR count). The smallest absolute Gasteiger partial charge is 0.0599 e. The van der Waals surface area contributed by atoms with Crippen molar-refractivity contribution in [2.24, 2.45) is 0 Å². The molecule has 0 aromatic rings. The van der Waals surface area contributed by atoms with Crippen LogP contribution in [0, 0.1) is 0 Å². The Kier molecular flexibility index (Phi) is 3.98. The van der Waals surface area contributed by atoms with Crippen molar-refractivity contribution >= 4 is 0 Å². The fraction of sp³-hybridized carbons (Fsp3) is 1.00. The number of nitrogens with zero attached hydrogens (tertiary/aromatic N) is 2. The van der Waals surface area contributed by atoms with Gasteiger partial charge in [0.25, 0.3) is 0 Å². The second-order valence-electron chi connectivity index (χ2n) is 3.56. The van der Waals surface area contributed by atoms with E-state index in [0.717, 1.165) is 19.6 Å². The highest BCUT2D eigenvalue weighted by Gasteiger charge is 2.19. The van der Waals surface area contributed by atoms with Gasteiger partial charge in [0.05, 0.1) is 6.61 Å². The summed E-state index contributed by atoms with van der Waals surface area (Å²) in [7, 11) is 2.10. The lowest BCUT2D eigenvalue weighted by Gasteiger charge is -2.26. The minimum atomic E-state index is 0.285. The molecule has 3 nitrogen and oxygen atoms in total. The Hall–Kier alpha value is -0.120. The minimum absolute atomic E-state index is 0.285. The van der Waals surface area contributed by atoms with Gasteiger partial charge in [0.1, 0.15) is 0 Å². The van der Waals surface area contributed by atoms with Crippen LogP contribution in [0.25, 0.3) is 0 Å². The Balaban J connectivity index is 2.46. The second-order valence-corrected chi connectivity index (χ2v) is 3.56. The summed E-state index contributed by atoms with van der Waals surface area (Å²) in [6, 6.07) is 0.340. The fourth-order valence-electron chi connectivity index (χ4n) is 1.74. The van der Waals surface area contributed by atoms with Crippen LogP contribution in [0.3, 0.4) is 0 Å². The summed E-state index contributed by atoms with van der Waals surface area (Å²) in [5, 5.41) is 9.13. The molecular weight excluding hydrogens is 152 g/mol. The molecule has 0 aromatic carbocycles. The monoisotopic (exact) mass is 172 g/mol. The quantitative estimate of drug-likeness (QED) is 0.635. The summed E-state index contributed by atoms with van der Waals surface area (Å²) in [4.78, 5) is 4.67. The molecule has 1 saturated heterocycles. The third-order valence-electron chi connectivity index (χ3n) is 2.74. The summed E-state index contributed by atoms with van der Waals surface area (Å²) >= 11 is 0. The van der Waals surface area contributed by atoms with Gasteiger partial charge in [-0.3, -0.25) is 4.90 Å². The van der Waals surface area contributed by atoms with E-state index < -0.39 is 0 Å². The van der Waals surface area contributed by atoms with Crippen LogP contribution in [-0.4, -0.2) is 60.8 Å². The van der Waals surface area contributed by atoms with Gasteiger partial charge in [0, 0.05) is 12.6 Å². The number of aliphatic hydroxyl groups is 1. The molecule has 0 radical (unpaired) electrons. The molecule has 1 aliphatic rings. The van der Waals surface area contributed by atoms with Gasteiger partial charge in [0.15, 0.2) is 0 Å². The first-order chi connectivity index (χ1) is 5.77. The number of aliphatic hydroxyl groups excluding tert-OH is 1. The predicted octanol–water partition coefficient (Wildman–Crippen LogP) is 0.00470. The zero-order valence-electron chi connectivity index (χ0n) is 8.16. The van der Waals surface area contributed by atoms with Gasteiger partial charge in [-0.15, -0.1) is 0 Å². The standard InChI is InChI=1S/C9H20N2O/c1-3-11-6-4-5-10(2)9(7-11)8-12/h9,12H,3-8H2,1-2H3. The first-order valence-electron chi connectivity index (χ1n) is 4.81. The normalized spacial score (nSPS) is 28.8. The van der Waals surface area contributed by atoms with Crippen LogP contribution in [-0.2, 0) is 0 Å². The Morgan fingerprint density at radius 1 is 1.42 bits per heavy atom. The van der Waals surface area contributed by atoms with E-state index in [1.165, 1.54) is 13.0 Å². The summed E-state index contributed by atoms with van der Waals surface area (Å²) in [6.07, 6.45) is 1.22. The van der Waals surface area contributed by atoms with Crippen LogP contribution in [0.1, 0.15) is 13.3 Å². The first-order valence-corrected chi connectivity index (χ1v) is 4.81. The van der Waals surface area contributed by atoms with E-state index in [2.05, 4.69) is 23.8 Å². The molecule has 1 unspecified atom stereocenters. The lowest BCUT2D eigenvalue weighted by molar-refractivity contribution is 0.133. The number of likely N-dealkylation sites (N-methyl/N-ethyl adjacent to an activating group) is 2. The summed E-state index contributed by atoms with van der Waals surface area (Å²) in [5.74, 6) is 0. The Labute approximate surface area is 75.0 Å². The van der Waals surface area contributed by atoms with Crippen LogP contribution >= 0.6 is 0 Å². The second kappa shape index (κ2) is 4.80. The van der Waals surface area contributed by atoms with E-state index in [1.807, 2.05) is 0 Å². The maximum Gasteiger partial charge on any atom is 0.0599 e. The molecule has 72 valence electrons. The Morgan fingerprint density at radius 2 is 2.17 bits per heavy atom. The van der Waals surface area contributed by atoms with Gasteiger partial charge in [-0.2, -0.15) is 0 Å². The number of rotatable bonds is 2. The average molecular weight is 172 g/mol. The van der Waals surface area contributed by atoms with Crippen LogP contribution < -0.4 is 0 Å². The highest BCUT2D eigenvalue weighted by atomic mass is 16.3. The van der Waals surface area contributed by atoms with Crippen molar-refractivity contribution in [3.05, 3.63) is 0 Å². The average Bonchev–Trinajstić information content (AvgIpc) is 2.27. The molecule has 1 N–H and O–H groups in total. The van der Waals surface area contributed by atoms with Crippen molar-refractivity contribution in [1.29, 1.82) is 0 Å². The molecule has 12 heavy (non-hydrogen) atoms. The van der Waals surface area contributed by atoms with E-state index in [-0.39, 0.29) is 6.61 Å². The maximum absolute atomic E-state index is 9.13. The molecule has 0 aliphatic carbocycles. The SMILES string of the molecule is CCN1CCCN(C)C(CO)C1. The van der Waals surface area contributed by atoms with Gasteiger partial charge >= 0.3 is 0 Å². The van der Waals surface area contributed by atoms with Crippen molar-refractivity contribution in [2.45, 2.75) is 19.4 Å². The topological polar surface area (TPSA) is 26.7 Å². The minimum Gasteiger partial charge on any atom is -0.395 e. The van der Waals surface area contributed by atoms with Crippen molar-refractivity contribution in [3.63, 3.8) is 0 Å². The molecule has 3 heteroatoms. The van der Waals surface area contributed by atoms with Crippen molar-refractivity contribution < 1.29 is 5.11 Å². The van der Waals surface area contributed by atoms with E-state index >= 15 is 0 Å². The zero-order valence-corrected chi connectivity index (χ0v) is 8.16. The molecule has 1 heterocycles. The van der Waals surface area contributed by atoms with Gasteiger partial charge < -0.3 is 10.0 Å². The van der Waals surface area contributed by atoms with Crippen LogP contribution in [0.2, 0.25) is 0 Å². The summed E-state index contributed by atoms with van der Waals surface area (Å²) in [6.45, 7) is 6.87. The zero-order chi connectivity index (χ0) is 8.97. The molecule has 0 amide bonds. The molecule has 1 fully saturated rings. The number of hydrogen-bond acceptors (Lipinski definition) is 3. The summed E-state index contributed by atoms with van der Waals surface area (Å²) < 4.78 is 0. The predicted molar refractivity (Wildman–Crippen MR) is 50.2 cm³/mol. The molecule has 0 bridgehead atoms. The van der Waals surface area contributed by atoms with E-state index in [9.17, 15) is 0 Å². The highest BCUT2D eigenvalue weighted by Crippen LogP contribution is 2.06. The van der Waals surface area contributed by atoms with Crippen LogP contribution in [0.5, 0.6) is 0 Å². The summed E-state index contributed by atoms with van der Waals surface area (Å²) in [5.41, 5.74) is 0. The molecule has 0 aromatic heterocycles. The molecular formula is C9H20N2O. The van der Waals surface area contributed by atoms with Crippen LogP contribution in [0.4, 0.5) is 0 Å². The van der Waals surface area contributed by atoms with Crippen molar-refractivity contribution in [3.8, 4) is 0 Å². The highest BCUT2D eigenvalue weighted by molar-refractivity contribution is 4.76. The first kappa shape index (κ1) is 9.96. The fourth-order valence-corrected chi connectivity index (χ4v) is 1.74. The van der Waals surface area contributed by atoms with Gasteiger partial charge in [0.2, 0.25) is 0 Å². The van der Waals surface area contributed by atoms with Crippen molar-refractivity contribution in [2.75, 3.05) is 39.8 Å². The molecule has 0 spiro atoms. The van der Waals surface area contributed by atoms with E-state index in [0.29, 0.717) is 6.04 Å². The maximum atomic E-state index is 9.13. The third kappa shape index (κ3) is 2.44. The largest absolute Gasteiger partial charge is 0.395 e. The van der Waals surface area contributed by atoms with Gasteiger partial charge in [-0.1, -0.05) is 6.92 Å². The molecule has 1 atom stereocenters. The van der Waals surface area contributed by atoms with Crippen molar-refractivity contribution in [1.82, 2.24) is 9.80 Å².